The fraction of sp³-hybridized carbons (Fsp3) is 0.568. The van der Waals surface area contributed by atoms with Crippen LogP contribution in [0.25, 0.3) is 16.0 Å². The summed E-state index contributed by atoms with van der Waals surface area (Å²) in [5.41, 5.74) is 11.9. The van der Waals surface area contributed by atoms with Crippen molar-refractivity contribution in [2.75, 3.05) is 19.6 Å². The molecule has 0 saturated carbocycles. The molecule has 278 valence electrons. The number of nitrogens with zero attached hydrogens (tertiary/aromatic N) is 3. The van der Waals surface area contributed by atoms with Gasteiger partial charge in [-0.25, -0.2) is 0 Å². The van der Waals surface area contributed by atoms with Crippen LogP contribution in [0.2, 0.25) is 0 Å². The largest absolute Gasteiger partial charge is 3.00 e. The quantitative estimate of drug-likeness (QED) is 0.181. The maximum absolute atomic E-state index is 10.4. The van der Waals surface area contributed by atoms with Gasteiger partial charge in [0, 0.05) is 5.41 Å². The van der Waals surface area contributed by atoms with Crippen LogP contribution in [0.4, 0.5) is 17.1 Å². The zero-order chi connectivity index (χ0) is 38.4. The third-order valence-corrected chi connectivity index (χ3v) is 7.43. The molecule has 0 spiro atoms. The minimum Gasteiger partial charge on any atom is -0.684 e. The Bertz CT molecular complexity index is 1220. The molecule has 0 amide bonds. The summed E-state index contributed by atoms with van der Waals surface area (Å²) in [5.74, 6) is 0. The van der Waals surface area contributed by atoms with Crippen LogP contribution in [0, 0.1) is 63.2 Å². The van der Waals surface area contributed by atoms with Gasteiger partial charge in [0.2, 0.25) is 0 Å². The van der Waals surface area contributed by atoms with Crippen LogP contribution in [0.1, 0.15) is 116 Å². The Balaban J connectivity index is 0. The predicted octanol–water partition coefficient (Wildman–Crippen LogP) is 14.5. The molecule has 0 radical (unpaired) electrons. The van der Waals surface area contributed by atoms with E-state index in [1.807, 2.05) is 20.8 Å². The van der Waals surface area contributed by atoms with Crippen LogP contribution >= 0.6 is 9.24 Å². The van der Waals surface area contributed by atoms with E-state index in [-0.39, 0.29) is 49.6 Å². The van der Waals surface area contributed by atoms with Crippen molar-refractivity contribution in [3.05, 3.63) is 104 Å². The van der Waals surface area contributed by atoms with Crippen LogP contribution in [0.15, 0.2) is 54.6 Å². The van der Waals surface area contributed by atoms with E-state index < -0.39 is 0 Å². The van der Waals surface area contributed by atoms with Crippen molar-refractivity contribution in [1.82, 2.24) is 0 Å². The molecular formula is C44H71N3NbOP. The zero-order valence-electron chi connectivity index (χ0n) is 35.1. The summed E-state index contributed by atoms with van der Waals surface area (Å²) in [6, 6.07) is 19.4. The van der Waals surface area contributed by atoms with Gasteiger partial charge in [-0.05, 0) is 41.5 Å². The Hall–Kier alpha value is -2.10. The minimum atomic E-state index is -0.176. The monoisotopic (exact) mass is 781 g/mol. The Morgan fingerprint density at radius 2 is 0.600 bits per heavy atom. The first-order valence-electron chi connectivity index (χ1n) is 17.6. The average molecular weight is 782 g/mol. The summed E-state index contributed by atoms with van der Waals surface area (Å²) in [6.45, 7) is 40.9. The predicted molar refractivity (Wildman–Crippen MR) is 224 cm³/mol. The van der Waals surface area contributed by atoms with Crippen LogP contribution < -0.4 is 0 Å². The molecule has 1 unspecified atom stereocenters. The molecular weight excluding hydrogens is 710 g/mol. The van der Waals surface area contributed by atoms with E-state index in [9.17, 15) is 4.79 Å². The van der Waals surface area contributed by atoms with Crippen molar-refractivity contribution in [3.8, 4) is 0 Å². The van der Waals surface area contributed by atoms with E-state index in [0.717, 1.165) is 36.7 Å². The Kier molecular flexibility index (Phi) is 22.1. The molecule has 0 aliphatic rings. The number of rotatable bonds is 6. The van der Waals surface area contributed by atoms with E-state index in [0.29, 0.717) is 0 Å². The van der Waals surface area contributed by atoms with Crippen molar-refractivity contribution in [2.24, 2.45) is 21.7 Å². The summed E-state index contributed by atoms with van der Waals surface area (Å²) in [5, 5.41) is 13.8. The van der Waals surface area contributed by atoms with Crippen molar-refractivity contribution in [2.45, 2.75) is 125 Å². The van der Waals surface area contributed by atoms with Crippen molar-refractivity contribution in [1.29, 1.82) is 0 Å². The van der Waals surface area contributed by atoms with Gasteiger partial charge < -0.3 is 16.0 Å². The fourth-order valence-electron chi connectivity index (χ4n) is 4.11. The standard InChI is InChI=1S/3C13H20N.C5H11OP.Nb/c3*1-10-6-11(2)8-12(7-10)14-9-13(3,4)5;1-5(2,3)4(6)7;/h3*6-8H,9H2,1-5H3;7H2,1-3H3;/q3*-1;;+3. The molecule has 0 aliphatic heterocycles. The van der Waals surface area contributed by atoms with Crippen molar-refractivity contribution >= 4 is 31.8 Å². The first-order valence-corrected chi connectivity index (χ1v) is 18.2. The molecule has 0 N–H and O–H groups in total. The SMILES string of the molecule is CC(C)(C)C(=O)P.Cc1cc(C)cc([N-]CC(C)(C)C)c1.Cc1cc(C)cc([N-]CC(C)(C)C)c1.Cc1cc(C)cc([N-]CC(C)(C)C)c1.[Nb+3]. The number of benzene rings is 3. The van der Waals surface area contributed by atoms with Gasteiger partial charge in [-0.2, -0.15) is 0 Å². The number of carbonyl (C=O) groups is 1. The molecule has 3 aromatic rings. The maximum Gasteiger partial charge on any atom is 3.00 e. The smallest absolute Gasteiger partial charge is 0.684 e. The van der Waals surface area contributed by atoms with Crippen LogP contribution in [-0.2, 0) is 27.2 Å². The Morgan fingerprint density at radius 3 is 0.720 bits per heavy atom. The van der Waals surface area contributed by atoms with E-state index >= 15 is 0 Å². The van der Waals surface area contributed by atoms with E-state index in [1.165, 1.54) is 33.4 Å². The third-order valence-electron chi connectivity index (χ3n) is 6.57. The number of aryl methyl sites for hydroxylation is 6. The van der Waals surface area contributed by atoms with E-state index in [2.05, 4.69) is 184 Å². The van der Waals surface area contributed by atoms with Gasteiger partial charge in [-0.3, -0.25) is 4.79 Å². The topological polar surface area (TPSA) is 59.4 Å². The molecule has 6 heteroatoms. The van der Waals surface area contributed by atoms with Gasteiger partial charge in [-0.1, -0.05) is 197 Å². The normalized spacial score (nSPS) is 11.3. The molecule has 0 aromatic heterocycles. The molecule has 1 atom stereocenters. The summed E-state index contributed by atoms with van der Waals surface area (Å²) < 4.78 is 0. The first-order chi connectivity index (χ1) is 22.0. The number of hydrogen-bond acceptors (Lipinski definition) is 1. The van der Waals surface area contributed by atoms with Gasteiger partial charge in [0.05, 0.1) is 0 Å². The van der Waals surface area contributed by atoms with Crippen LogP contribution in [0.5, 0.6) is 0 Å². The molecule has 0 saturated heterocycles. The first kappa shape index (κ1) is 50.0. The second-order valence-electron chi connectivity index (χ2n) is 18.3. The van der Waals surface area contributed by atoms with Gasteiger partial charge in [-0.15, -0.1) is 36.7 Å². The Labute approximate surface area is 327 Å². The molecule has 4 nitrogen and oxygen atoms in total. The molecule has 50 heavy (non-hydrogen) atoms. The second kappa shape index (κ2) is 22.1. The van der Waals surface area contributed by atoms with Gasteiger partial charge >= 0.3 is 22.4 Å². The average Bonchev–Trinajstić information content (AvgIpc) is 2.88. The van der Waals surface area contributed by atoms with Gasteiger partial charge in [0.1, 0.15) is 0 Å². The molecule has 0 heterocycles. The molecule has 0 aliphatic carbocycles. The fourth-order valence-corrected chi connectivity index (χ4v) is 4.11. The second-order valence-corrected chi connectivity index (χ2v) is 18.8. The summed E-state index contributed by atoms with van der Waals surface area (Å²) >= 11 is 0. The molecule has 0 fully saturated rings. The number of carbonyl (C=O) groups excluding carboxylic acids is 1. The van der Waals surface area contributed by atoms with E-state index in [4.69, 9.17) is 0 Å². The van der Waals surface area contributed by atoms with Gasteiger partial charge in [0.15, 0.2) is 5.52 Å². The zero-order valence-corrected chi connectivity index (χ0v) is 38.4. The number of hydrogen-bond donors (Lipinski definition) is 0. The van der Waals surface area contributed by atoms with Crippen molar-refractivity contribution < 1.29 is 27.2 Å². The van der Waals surface area contributed by atoms with E-state index in [1.54, 1.807) is 0 Å². The third kappa shape index (κ3) is 27.6. The summed E-state index contributed by atoms with van der Waals surface area (Å²) in [6.07, 6.45) is 0. The molecule has 3 aromatic carbocycles. The van der Waals surface area contributed by atoms with Crippen molar-refractivity contribution in [3.63, 3.8) is 0 Å². The molecule has 3 rings (SSSR count). The summed E-state index contributed by atoms with van der Waals surface area (Å²) in [4.78, 5) is 10.4. The van der Waals surface area contributed by atoms with Crippen LogP contribution in [0.3, 0.4) is 0 Å². The van der Waals surface area contributed by atoms with Crippen LogP contribution in [-0.4, -0.2) is 25.2 Å². The van der Waals surface area contributed by atoms with Gasteiger partial charge in [0.25, 0.3) is 0 Å². The Morgan fingerprint density at radius 1 is 0.440 bits per heavy atom. The molecule has 0 bridgehead atoms. The summed E-state index contributed by atoms with van der Waals surface area (Å²) in [7, 11) is 2.16. The minimum absolute atomic E-state index is 0. The maximum atomic E-state index is 10.4.